The molecule has 26 heavy (non-hydrogen) atoms. The summed E-state index contributed by atoms with van der Waals surface area (Å²) in [5, 5.41) is 6.08. The molecule has 0 aliphatic heterocycles. The summed E-state index contributed by atoms with van der Waals surface area (Å²) in [6.07, 6.45) is 2.56. The molecular weight excluding hydrogens is 334 g/mol. The molecule has 0 aliphatic rings. The topological polar surface area (TPSA) is 81.7 Å². The number of nitrogens with one attached hydrogen (secondary N) is 2. The van der Waals surface area contributed by atoms with E-state index in [0.29, 0.717) is 30.3 Å². The van der Waals surface area contributed by atoms with Crippen LogP contribution in [0.4, 0.5) is 5.69 Å². The zero-order chi connectivity index (χ0) is 18.8. The van der Waals surface area contributed by atoms with E-state index in [1.54, 1.807) is 33.6 Å². The monoisotopic (exact) mass is 359 g/mol. The number of hydrogen-bond acceptors (Lipinski definition) is 6. The van der Waals surface area contributed by atoms with E-state index < -0.39 is 0 Å². The highest BCUT2D eigenvalue weighted by atomic mass is 16.5. The Morgan fingerprint density at radius 3 is 2.54 bits per heavy atom. The Bertz CT molecular complexity index is 704. The molecule has 1 amide bonds. The Kier molecular flexibility index (Phi) is 7.70. The van der Waals surface area contributed by atoms with Crippen LogP contribution in [0.15, 0.2) is 36.5 Å². The molecule has 0 spiro atoms. The number of methoxy groups -OCH3 is 3. The average molecular weight is 359 g/mol. The molecule has 0 unspecified atom stereocenters. The van der Waals surface area contributed by atoms with Crippen molar-refractivity contribution in [2.45, 2.75) is 13.0 Å². The quantitative estimate of drug-likeness (QED) is 0.634. The van der Waals surface area contributed by atoms with E-state index in [1.165, 1.54) is 0 Å². The number of aromatic nitrogens is 1. The molecule has 7 heteroatoms. The minimum Gasteiger partial charge on any atom is -0.493 e. The lowest BCUT2D eigenvalue weighted by Gasteiger charge is -2.10. The number of anilines is 1. The van der Waals surface area contributed by atoms with E-state index in [1.807, 2.05) is 24.3 Å². The number of benzene rings is 1. The van der Waals surface area contributed by atoms with Crippen LogP contribution in [0.25, 0.3) is 0 Å². The predicted molar refractivity (Wildman–Crippen MR) is 99.9 cm³/mol. The molecule has 0 saturated carbocycles. The Balaban J connectivity index is 1.87. The van der Waals surface area contributed by atoms with Gasteiger partial charge in [0, 0.05) is 26.8 Å². The maximum atomic E-state index is 12.2. The smallest absolute Gasteiger partial charge is 0.270 e. The van der Waals surface area contributed by atoms with Crippen LogP contribution in [0.3, 0.4) is 0 Å². The number of nitrogens with zero attached hydrogens (tertiary/aromatic N) is 1. The number of rotatable bonds is 10. The summed E-state index contributed by atoms with van der Waals surface area (Å²) < 4.78 is 15.5. The number of pyridine rings is 1. The molecule has 0 fully saturated rings. The standard InChI is InChI=1S/C19H25N3O4/c1-24-10-4-9-20-15-6-7-16(21-13-15)19(23)22-12-14-5-8-17(25-2)18(11-14)26-3/h5-8,11,13,20H,4,9-10,12H2,1-3H3,(H,22,23). The summed E-state index contributed by atoms with van der Waals surface area (Å²) >= 11 is 0. The number of amides is 1. The van der Waals surface area contributed by atoms with Crippen molar-refractivity contribution in [1.82, 2.24) is 10.3 Å². The molecule has 140 valence electrons. The van der Waals surface area contributed by atoms with Gasteiger partial charge in [0.05, 0.1) is 26.1 Å². The Hall–Kier alpha value is -2.80. The van der Waals surface area contributed by atoms with E-state index in [2.05, 4.69) is 15.6 Å². The molecule has 7 nitrogen and oxygen atoms in total. The van der Waals surface area contributed by atoms with Gasteiger partial charge < -0.3 is 24.8 Å². The molecule has 2 aromatic rings. The van der Waals surface area contributed by atoms with E-state index in [0.717, 1.165) is 24.2 Å². The number of hydrogen-bond donors (Lipinski definition) is 2. The van der Waals surface area contributed by atoms with Gasteiger partial charge in [0.15, 0.2) is 11.5 Å². The van der Waals surface area contributed by atoms with Crippen molar-refractivity contribution < 1.29 is 19.0 Å². The van der Waals surface area contributed by atoms with Crippen LogP contribution in [-0.2, 0) is 11.3 Å². The van der Waals surface area contributed by atoms with Crippen LogP contribution in [-0.4, -0.2) is 45.4 Å². The van der Waals surface area contributed by atoms with Crippen molar-refractivity contribution in [3.8, 4) is 11.5 Å². The van der Waals surface area contributed by atoms with Crippen molar-refractivity contribution in [3.05, 3.63) is 47.8 Å². The van der Waals surface area contributed by atoms with Gasteiger partial charge in [0.2, 0.25) is 0 Å². The second kappa shape index (κ2) is 10.2. The second-order valence-electron chi connectivity index (χ2n) is 5.58. The molecule has 0 bridgehead atoms. The fourth-order valence-corrected chi connectivity index (χ4v) is 2.35. The average Bonchev–Trinajstić information content (AvgIpc) is 2.69. The first-order chi connectivity index (χ1) is 12.7. The third-order valence-corrected chi connectivity index (χ3v) is 3.75. The fourth-order valence-electron chi connectivity index (χ4n) is 2.35. The summed E-state index contributed by atoms with van der Waals surface area (Å²) in [4.78, 5) is 16.4. The largest absolute Gasteiger partial charge is 0.493 e. The lowest BCUT2D eigenvalue weighted by atomic mass is 10.2. The minimum atomic E-state index is -0.231. The van der Waals surface area contributed by atoms with Crippen molar-refractivity contribution in [2.75, 3.05) is 39.8 Å². The van der Waals surface area contributed by atoms with Gasteiger partial charge in [-0.15, -0.1) is 0 Å². The van der Waals surface area contributed by atoms with Crippen LogP contribution < -0.4 is 20.1 Å². The van der Waals surface area contributed by atoms with Gasteiger partial charge in [-0.05, 0) is 36.2 Å². The molecule has 1 heterocycles. The van der Waals surface area contributed by atoms with Gasteiger partial charge in [0.1, 0.15) is 5.69 Å². The van der Waals surface area contributed by atoms with E-state index in [-0.39, 0.29) is 5.91 Å². The molecule has 1 aromatic carbocycles. The van der Waals surface area contributed by atoms with Crippen LogP contribution in [0.5, 0.6) is 11.5 Å². The first kappa shape index (κ1) is 19.5. The minimum absolute atomic E-state index is 0.231. The lowest BCUT2D eigenvalue weighted by Crippen LogP contribution is -2.23. The van der Waals surface area contributed by atoms with Crippen molar-refractivity contribution in [3.63, 3.8) is 0 Å². The van der Waals surface area contributed by atoms with Crippen molar-refractivity contribution in [1.29, 1.82) is 0 Å². The lowest BCUT2D eigenvalue weighted by molar-refractivity contribution is 0.0946. The maximum Gasteiger partial charge on any atom is 0.270 e. The maximum absolute atomic E-state index is 12.2. The van der Waals surface area contributed by atoms with Gasteiger partial charge in [0.25, 0.3) is 5.91 Å². The summed E-state index contributed by atoms with van der Waals surface area (Å²) in [5.74, 6) is 1.05. The van der Waals surface area contributed by atoms with Crippen LogP contribution in [0.2, 0.25) is 0 Å². The van der Waals surface area contributed by atoms with Crippen molar-refractivity contribution >= 4 is 11.6 Å². The first-order valence-electron chi connectivity index (χ1n) is 8.36. The van der Waals surface area contributed by atoms with E-state index in [9.17, 15) is 4.79 Å². The molecule has 1 aromatic heterocycles. The van der Waals surface area contributed by atoms with Crippen LogP contribution in [0, 0.1) is 0 Å². The second-order valence-corrected chi connectivity index (χ2v) is 5.58. The number of carbonyl (C=O) groups is 1. The Labute approximate surface area is 153 Å². The molecule has 0 atom stereocenters. The van der Waals surface area contributed by atoms with Gasteiger partial charge >= 0.3 is 0 Å². The van der Waals surface area contributed by atoms with E-state index >= 15 is 0 Å². The van der Waals surface area contributed by atoms with Gasteiger partial charge in [-0.25, -0.2) is 4.98 Å². The zero-order valence-electron chi connectivity index (χ0n) is 15.4. The summed E-state index contributed by atoms with van der Waals surface area (Å²) in [6, 6.07) is 9.05. The van der Waals surface area contributed by atoms with Gasteiger partial charge in [-0.3, -0.25) is 4.79 Å². The van der Waals surface area contributed by atoms with Crippen LogP contribution in [0.1, 0.15) is 22.5 Å². The van der Waals surface area contributed by atoms with E-state index in [4.69, 9.17) is 14.2 Å². The van der Waals surface area contributed by atoms with Gasteiger partial charge in [-0.1, -0.05) is 6.07 Å². The SMILES string of the molecule is COCCCNc1ccc(C(=O)NCc2ccc(OC)c(OC)c2)nc1. The Morgan fingerprint density at radius 2 is 1.88 bits per heavy atom. The molecular formula is C19H25N3O4. The molecule has 0 saturated heterocycles. The highest BCUT2D eigenvalue weighted by Gasteiger charge is 2.09. The fraction of sp³-hybridized carbons (Fsp3) is 0.368. The summed E-state index contributed by atoms with van der Waals surface area (Å²) in [7, 11) is 4.84. The Morgan fingerprint density at radius 1 is 1.08 bits per heavy atom. The molecule has 0 radical (unpaired) electrons. The third-order valence-electron chi connectivity index (χ3n) is 3.75. The third kappa shape index (κ3) is 5.63. The van der Waals surface area contributed by atoms with Crippen molar-refractivity contribution in [2.24, 2.45) is 0 Å². The molecule has 2 rings (SSSR count). The predicted octanol–water partition coefficient (Wildman–Crippen LogP) is 2.48. The molecule has 0 aliphatic carbocycles. The number of ether oxygens (including phenoxy) is 3. The summed E-state index contributed by atoms with van der Waals surface area (Å²) in [6.45, 7) is 1.87. The normalized spacial score (nSPS) is 10.3. The van der Waals surface area contributed by atoms with Gasteiger partial charge in [-0.2, -0.15) is 0 Å². The highest BCUT2D eigenvalue weighted by Crippen LogP contribution is 2.27. The first-order valence-corrected chi connectivity index (χ1v) is 8.36. The number of carbonyl (C=O) groups excluding carboxylic acids is 1. The van der Waals surface area contributed by atoms with Crippen LogP contribution >= 0.6 is 0 Å². The zero-order valence-corrected chi connectivity index (χ0v) is 15.4. The highest BCUT2D eigenvalue weighted by molar-refractivity contribution is 5.92. The summed E-state index contributed by atoms with van der Waals surface area (Å²) in [5.41, 5.74) is 2.15. The molecule has 2 N–H and O–H groups in total.